The van der Waals surface area contributed by atoms with E-state index in [0.717, 1.165) is 28.1 Å². The number of nitrogens with zero attached hydrogens (tertiary/aromatic N) is 3. The van der Waals surface area contributed by atoms with Crippen molar-refractivity contribution >= 4 is 42.7 Å². The van der Waals surface area contributed by atoms with Crippen molar-refractivity contribution in [1.29, 1.82) is 0 Å². The second-order valence-electron chi connectivity index (χ2n) is 11.1. The maximum Gasteiger partial charge on any atom is 0.407 e. The van der Waals surface area contributed by atoms with Crippen molar-refractivity contribution in [1.82, 2.24) is 14.7 Å². The standard InChI is InChI=1S/C28H35ClFN3O4Si/c1-38(2,3)15-14-37-20-33-18-22-17-24(29)16-21(26(22)31-33)8-13-36-19-28(23-4-6-25(30)7-5-23)9-11-32(12-10-28)27(34)35/h4-8,13,16-18H,9-12,14-15,19-20H2,1-3H3,(H,34,35). The molecule has 2 aromatic carbocycles. The van der Waals surface area contributed by atoms with Gasteiger partial charge in [0.05, 0.1) is 18.4 Å². The molecule has 1 N–H and O–H groups in total. The van der Waals surface area contributed by atoms with Gasteiger partial charge < -0.3 is 19.5 Å². The molecule has 1 saturated heterocycles. The summed E-state index contributed by atoms with van der Waals surface area (Å²) < 4.78 is 27.2. The molecule has 4 rings (SSSR count). The van der Waals surface area contributed by atoms with Gasteiger partial charge in [0, 0.05) is 55.4 Å². The van der Waals surface area contributed by atoms with Crippen molar-refractivity contribution in [3.8, 4) is 0 Å². The lowest BCUT2D eigenvalue weighted by Gasteiger charge is -2.40. The van der Waals surface area contributed by atoms with Crippen LogP contribution >= 0.6 is 11.6 Å². The van der Waals surface area contributed by atoms with Gasteiger partial charge in [-0.05, 0) is 54.8 Å². The first-order chi connectivity index (χ1) is 18.0. The molecule has 1 aliphatic heterocycles. The molecule has 0 spiro atoms. The minimum atomic E-state index is -1.15. The monoisotopic (exact) mass is 559 g/mol. The quantitative estimate of drug-likeness (QED) is 0.167. The molecular weight excluding hydrogens is 525 g/mol. The Bertz CT molecular complexity index is 1280. The van der Waals surface area contributed by atoms with Crippen LogP contribution in [0.3, 0.4) is 0 Å². The Balaban J connectivity index is 1.46. The van der Waals surface area contributed by atoms with E-state index in [9.17, 15) is 14.3 Å². The van der Waals surface area contributed by atoms with Gasteiger partial charge in [0.25, 0.3) is 0 Å². The number of hydrogen-bond donors (Lipinski definition) is 1. The molecule has 204 valence electrons. The van der Waals surface area contributed by atoms with Crippen molar-refractivity contribution in [3.63, 3.8) is 0 Å². The van der Waals surface area contributed by atoms with E-state index in [0.29, 0.717) is 50.9 Å². The molecular formula is C28H35ClFN3O4Si. The van der Waals surface area contributed by atoms with Gasteiger partial charge in [-0.2, -0.15) is 5.10 Å². The van der Waals surface area contributed by atoms with Crippen LogP contribution in [0.5, 0.6) is 0 Å². The fourth-order valence-electron chi connectivity index (χ4n) is 4.68. The zero-order valence-electron chi connectivity index (χ0n) is 22.1. The molecule has 1 amide bonds. The van der Waals surface area contributed by atoms with E-state index >= 15 is 0 Å². The van der Waals surface area contributed by atoms with Crippen molar-refractivity contribution in [2.24, 2.45) is 0 Å². The Morgan fingerprint density at radius 2 is 1.92 bits per heavy atom. The summed E-state index contributed by atoms with van der Waals surface area (Å²) in [6, 6.07) is 11.2. The van der Waals surface area contributed by atoms with Crippen LogP contribution in [0.4, 0.5) is 9.18 Å². The Hall–Kier alpha value is -2.88. The number of carboxylic acid groups (broad SMARTS) is 1. The van der Waals surface area contributed by atoms with E-state index in [-0.39, 0.29) is 5.82 Å². The number of likely N-dealkylation sites (tertiary alicyclic amines) is 1. The lowest BCUT2D eigenvalue weighted by Crippen LogP contribution is -2.46. The maximum atomic E-state index is 13.6. The third-order valence-corrected chi connectivity index (χ3v) is 8.94. The highest BCUT2D eigenvalue weighted by Gasteiger charge is 2.38. The van der Waals surface area contributed by atoms with Crippen LogP contribution in [0.1, 0.15) is 24.0 Å². The average molecular weight is 560 g/mol. The van der Waals surface area contributed by atoms with Crippen LogP contribution in [-0.2, 0) is 21.6 Å². The first-order valence-corrected chi connectivity index (χ1v) is 16.9. The lowest BCUT2D eigenvalue weighted by atomic mass is 9.73. The molecule has 1 aliphatic rings. The summed E-state index contributed by atoms with van der Waals surface area (Å²) in [5.74, 6) is -0.307. The molecule has 0 saturated carbocycles. The van der Waals surface area contributed by atoms with Gasteiger partial charge in [0.15, 0.2) is 0 Å². The molecule has 0 atom stereocenters. The predicted octanol–water partition coefficient (Wildman–Crippen LogP) is 6.84. The van der Waals surface area contributed by atoms with Gasteiger partial charge in [-0.25, -0.2) is 13.9 Å². The minimum absolute atomic E-state index is 0.307. The number of ether oxygens (including phenoxy) is 2. The summed E-state index contributed by atoms with van der Waals surface area (Å²) in [4.78, 5) is 12.8. The highest BCUT2D eigenvalue weighted by atomic mass is 35.5. The number of halogens is 2. The first-order valence-electron chi connectivity index (χ1n) is 12.8. The molecule has 38 heavy (non-hydrogen) atoms. The fourth-order valence-corrected chi connectivity index (χ4v) is 5.67. The number of hydrogen-bond acceptors (Lipinski definition) is 4. The summed E-state index contributed by atoms with van der Waals surface area (Å²) in [6.45, 7) is 9.19. The SMILES string of the molecule is C[Si](C)(C)CCOCn1cc2cc(Cl)cc(C=COCC3(c4ccc(F)cc4)CCN(C(=O)O)CC3)c2n1. The van der Waals surface area contributed by atoms with Crippen LogP contribution in [-0.4, -0.2) is 60.3 Å². The van der Waals surface area contributed by atoms with E-state index in [2.05, 4.69) is 19.6 Å². The molecule has 1 aromatic heterocycles. The van der Waals surface area contributed by atoms with Crippen LogP contribution in [0.25, 0.3) is 17.0 Å². The zero-order valence-corrected chi connectivity index (χ0v) is 23.9. The van der Waals surface area contributed by atoms with E-state index in [1.165, 1.54) is 17.0 Å². The van der Waals surface area contributed by atoms with Crippen molar-refractivity contribution in [2.75, 3.05) is 26.3 Å². The Morgan fingerprint density at radius 1 is 1.21 bits per heavy atom. The van der Waals surface area contributed by atoms with E-state index < -0.39 is 19.6 Å². The molecule has 0 bridgehead atoms. The summed E-state index contributed by atoms with van der Waals surface area (Å²) in [5, 5.41) is 15.6. The summed E-state index contributed by atoms with van der Waals surface area (Å²) in [6.07, 6.45) is 5.63. The highest BCUT2D eigenvalue weighted by Crippen LogP contribution is 2.36. The molecule has 0 unspecified atom stereocenters. The van der Waals surface area contributed by atoms with Crippen molar-refractivity contribution in [3.05, 3.63) is 70.8 Å². The highest BCUT2D eigenvalue weighted by molar-refractivity contribution is 6.76. The van der Waals surface area contributed by atoms with E-state index in [1.807, 2.05) is 24.4 Å². The molecule has 0 radical (unpaired) electrons. The molecule has 10 heteroatoms. The van der Waals surface area contributed by atoms with Crippen molar-refractivity contribution < 1.29 is 23.8 Å². The number of amides is 1. The third-order valence-electron chi connectivity index (χ3n) is 7.02. The van der Waals surface area contributed by atoms with Crippen LogP contribution in [0, 0.1) is 5.82 Å². The van der Waals surface area contributed by atoms with Crippen LogP contribution in [0.15, 0.2) is 48.9 Å². The van der Waals surface area contributed by atoms with Gasteiger partial charge in [0.1, 0.15) is 12.5 Å². The number of piperidine rings is 1. The molecule has 1 fully saturated rings. The molecule has 2 heterocycles. The van der Waals surface area contributed by atoms with E-state index in [1.54, 1.807) is 23.1 Å². The third kappa shape index (κ3) is 7.15. The number of rotatable bonds is 10. The summed E-state index contributed by atoms with van der Waals surface area (Å²) in [5.41, 5.74) is 2.15. The second kappa shape index (κ2) is 11.9. The normalized spacial score (nSPS) is 15.9. The second-order valence-corrected chi connectivity index (χ2v) is 17.2. The van der Waals surface area contributed by atoms with Crippen molar-refractivity contribution in [2.45, 2.75) is 50.7 Å². The Labute approximate surface area is 228 Å². The smallest absolute Gasteiger partial charge is 0.407 e. The predicted molar refractivity (Wildman–Crippen MR) is 151 cm³/mol. The molecule has 0 aliphatic carbocycles. The number of carbonyl (C=O) groups is 1. The number of aromatic nitrogens is 2. The zero-order chi connectivity index (χ0) is 27.3. The Kier molecular flexibility index (Phi) is 8.80. The van der Waals surface area contributed by atoms with Gasteiger partial charge in [-0.15, -0.1) is 0 Å². The molecule has 7 nitrogen and oxygen atoms in total. The minimum Gasteiger partial charge on any atom is -0.500 e. The maximum absolute atomic E-state index is 13.6. The average Bonchev–Trinajstić information content (AvgIpc) is 3.27. The van der Waals surface area contributed by atoms with Crippen LogP contribution < -0.4 is 0 Å². The Morgan fingerprint density at radius 3 is 2.58 bits per heavy atom. The van der Waals surface area contributed by atoms with Crippen LogP contribution in [0.2, 0.25) is 30.7 Å². The molecule has 3 aromatic rings. The lowest BCUT2D eigenvalue weighted by molar-refractivity contribution is 0.0791. The first kappa shape index (κ1) is 28.1. The van der Waals surface area contributed by atoms with Gasteiger partial charge in [-0.1, -0.05) is 43.4 Å². The van der Waals surface area contributed by atoms with Gasteiger partial charge >= 0.3 is 6.09 Å². The van der Waals surface area contributed by atoms with E-state index in [4.69, 9.17) is 26.2 Å². The number of fused-ring (bicyclic) bond motifs is 1. The largest absolute Gasteiger partial charge is 0.500 e. The summed E-state index contributed by atoms with van der Waals surface area (Å²) >= 11 is 6.38. The van der Waals surface area contributed by atoms with Gasteiger partial charge in [-0.3, -0.25) is 0 Å². The topological polar surface area (TPSA) is 76.8 Å². The van der Waals surface area contributed by atoms with Gasteiger partial charge in [0.2, 0.25) is 0 Å². The number of benzene rings is 2. The summed E-state index contributed by atoms with van der Waals surface area (Å²) in [7, 11) is -1.15. The fraction of sp³-hybridized carbons (Fsp3) is 0.429.